The van der Waals surface area contributed by atoms with Gasteiger partial charge in [-0.3, -0.25) is 15.1 Å². The Morgan fingerprint density at radius 1 is 1.09 bits per heavy atom. The normalized spacial score (nSPS) is 10.2. The summed E-state index contributed by atoms with van der Waals surface area (Å²) in [5.41, 5.74) is 1.44. The van der Waals surface area contributed by atoms with E-state index in [0.29, 0.717) is 10.7 Å². The number of pyridine rings is 1. The van der Waals surface area contributed by atoms with Gasteiger partial charge in [0.15, 0.2) is 0 Å². The maximum Gasteiger partial charge on any atom is 0.257 e. The van der Waals surface area contributed by atoms with E-state index < -0.39 is 0 Å². The highest BCUT2D eigenvalue weighted by Crippen LogP contribution is 2.27. The number of carbonyl (C=O) groups excluding carboxylic acids is 1. The molecule has 0 aliphatic rings. The monoisotopic (exact) mass is 312 g/mol. The topological polar surface area (TPSA) is 77.0 Å². The van der Waals surface area contributed by atoms with Crippen molar-refractivity contribution in [2.45, 2.75) is 0 Å². The lowest BCUT2D eigenvalue weighted by molar-refractivity contribution is 0.102. The van der Waals surface area contributed by atoms with Crippen LogP contribution in [0.15, 0.2) is 48.8 Å². The molecule has 2 heterocycles. The van der Waals surface area contributed by atoms with Gasteiger partial charge in [0.1, 0.15) is 10.8 Å². The summed E-state index contributed by atoms with van der Waals surface area (Å²) in [6.07, 6.45) is 3.13. The van der Waals surface area contributed by atoms with E-state index in [9.17, 15) is 4.79 Å². The molecule has 1 amide bonds. The molecule has 0 saturated heterocycles. The minimum atomic E-state index is -0.236. The first-order valence-corrected chi connectivity index (χ1v) is 7.27. The van der Waals surface area contributed by atoms with Crippen LogP contribution in [0.4, 0.5) is 5.13 Å². The van der Waals surface area contributed by atoms with Gasteiger partial charge in [-0.1, -0.05) is 11.3 Å². The second-order valence-corrected chi connectivity index (χ2v) is 5.31. The average molecular weight is 312 g/mol. The number of carbonyl (C=O) groups is 1. The van der Waals surface area contributed by atoms with Gasteiger partial charge in [-0.25, -0.2) is 0 Å². The fourth-order valence-corrected chi connectivity index (χ4v) is 2.54. The van der Waals surface area contributed by atoms with Gasteiger partial charge < -0.3 is 4.74 Å². The van der Waals surface area contributed by atoms with Crippen LogP contribution in [0.5, 0.6) is 5.75 Å². The predicted molar refractivity (Wildman–Crippen MR) is 84.1 cm³/mol. The Labute approximate surface area is 130 Å². The predicted octanol–water partition coefficient (Wildman–Crippen LogP) is 2.86. The van der Waals surface area contributed by atoms with Gasteiger partial charge in [-0.15, -0.1) is 10.2 Å². The lowest BCUT2D eigenvalue weighted by atomic mass is 10.2. The molecule has 1 N–H and O–H groups in total. The molecule has 6 nitrogen and oxygen atoms in total. The summed E-state index contributed by atoms with van der Waals surface area (Å²) < 4.78 is 5.12. The molecule has 1 aromatic carbocycles. The standard InChI is InChI=1S/C15H12N4O2S/c1-21-12-4-2-11(3-5-12)14-18-19-15(22-14)17-13(20)10-6-8-16-9-7-10/h2-9H,1H3,(H,17,19,20). The molecule has 0 unspecified atom stereocenters. The van der Waals surface area contributed by atoms with Gasteiger partial charge in [0.25, 0.3) is 5.91 Å². The fourth-order valence-electron chi connectivity index (χ4n) is 1.80. The maximum atomic E-state index is 12.0. The number of amides is 1. The molecule has 7 heteroatoms. The Morgan fingerprint density at radius 3 is 2.50 bits per heavy atom. The van der Waals surface area contributed by atoms with Crippen LogP contribution in [-0.4, -0.2) is 28.2 Å². The van der Waals surface area contributed by atoms with Gasteiger partial charge in [-0.2, -0.15) is 0 Å². The molecular weight excluding hydrogens is 300 g/mol. The number of methoxy groups -OCH3 is 1. The third-order valence-corrected chi connectivity index (χ3v) is 3.81. The van der Waals surface area contributed by atoms with Crippen molar-refractivity contribution in [3.63, 3.8) is 0 Å². The SMILES string of the molecule is COc1ccc(-c2nnc(NC(=O)c3ccncc3)s2)cc1. The Balaban J connectivity index is 1.74. The van der Waals surface area contributed by atoms with Crippen LogP contribution in [0, 0.1) is 0 Å². The van der Waals surface area contributed by atoms with Gasteiger partial charge in [0.2, 0.25) is 5.13 Å². The van der Waals surface area contributed by atoms with Crippen LogP contribution >= 0.6 is 11.3 Å². The van der Waals surface area contributed by atoms with Crippen LogP contribution in [0.2, 0.25) is 0 Å². The molecule has 3 aromatic rings. The number of aromatic nitrogens is 3. The highest BCUT2D eigenvalue weighted by Gasteiger charge is 2.11. The Bertz CT molecular complexity index is 772. The molecule has 110 valence electrons. The summed E-state index contributed by atoms with van der Waals surface area (Å²) in [5.74, 6) is 0.541. The lowest BCUT2D eigenvalue weighted by Crippen LogP contribution is -2.11. The fraction of sp³-hybridized carbons (Fsp3) is 0.0667. The lowest BCUT2D eigenvalue weighted by Gasteiger charge is -2.00. The summed E-state index contributed by atoms with van der Waals surface area (Å²) >= 11 is 1.31. The summed E-state index contributed by atoms with van der Waals surface area (Å²) in [7, 11) is 1.62. The van der Waals surface area contributed by atoms with Gasteiger partial charge >= 0.3 is 0 Å². The number of nitrogens with zero attached hydrogens (tertiary/aromatic N) is 3. The largest absolute Gasteiger partial charge is 0.497 e. The summed E-state index contributed by atoms with van der Waals surface area (Å²) in [4.78, 5) is 15.9. The first-order valence-electron chi connectivity index (χ1n) is 6.45. The molecule has 0 aliphatic carbocycles. The maximum absolute atomic E-state index is 12.0. The zero-order chi connectivity index (χ0) is 15.4. The van der Waals surface area contributed by atoms with Crippen molar-refractivity contribution < 1.29 is 9.53 Å². The minimum Gasteiger partial charge on any atom is -0.497 e. The quantitative estimate of drug-likeness (QED) is 0.801. The first-order chi connectivity index (χ1) is 10.8. The molecule has 0 spiro atoms. The molecule has 0 radical (unpaired) electrons. The Hall–Kier alpha value is -2.80. The number of benzene rings is 1. The van der Waals surface area contributed by atoms with Gasteiger partial charge in [-0.05, 0) is 36.4 Å². The van der Waals surface area contributed by atoms with E-state index in [-0.39, 0.29) is 5.91 Å². The summed E-state index contributed by atoms with van der Waals surface area (Å²) in [6, 6.07) is 10.8. The number of ether oxygens (including phenoxy) is 1. The second-order valence-electron chi connectivity index (χ2n) is 4.33. The average Bonchev–Trinajstić information content (AvgIpc) is 3.04. The molecular formula is C15H12N4O2S. The van der Waals surface area contributed by atoms with Gasteiger partial charge in [0.05, 0.1) is 7.11 Å². The van der Waals surface area contributed by atoms with Crippen LogP contribution < -0.4 is 10.1 Å². The van der Waals surface area contributed by atoms with E-state index in [0.717, 1.165) is 16.3 Å². The Morgan fingerprint density at radius 2 is 1.82 bits per heavy atom. The molecule has 0 saturated carbocycles. The van der Waals surface area contributed by atoms with E-state index in [2.05, 4.69) is 20.5 Å². The number of hydrogen-bond acceptors (Lipinski definition) is 6. The van der Waals surface area contributed by atoms with Crippen molar-refractivity contribution >= 4 is 22.4 Å². The zero-order valence-electron chi connectivity index (χ0n) is 11.7. The smallest absolute Gasteiger partial charge is 0.257 e. The van der Waals surface area contributed by atoms with Crippen LogP contribution in [0.3, 0.4) is 0 Å². The zero-order valence-corrected chi connectivity index (χ0v) is 12.5. The highest BCUT2D eigenvalue weighted by molar-refractivity contribution is 7.18. The second kappa shape index (κ2) is 6.31. The van der Waals surface area contributed by atoms with Crippen LogP contribution in [0.25, 0.3) is 10.6 Å². The van der Waals surface area contributed by atoms with E-state index in [4.69, 9.17) is 4.74 Å². The first kappa shape index (κ1) is 14.2. The van der Waals surface area contributed by atoms with Crippen molar-refractivity contribution in [3.05, 3.63) is 54.4 Å². The number of nitrogens with one attached hydrogen (secondary N) is 1. The molecule has 3 rings (SSSR count). The molecule has 0 bridgehead atoms. The number of rotatable bonds is 4. The highest BCUT2D eigenvalue weighted by atomic mass is 32.1. The molecule has 22 heavy (non-hydrogen) atoms. The van der Waals surface area contributed by atoms with E-state index in [1.54, 1.807) is 31.6 Å². The third-order valence-electron chi connectivity index (χ3n) is 2.92. The molecule has 0 atom stereocenters. The van der Waals surface area contributed by atoms with Crippen molar-refractivity contribution in [1.82, 2.24) is 15.2 Å². The Kier molecular flexibility index (Phi) is 4.06. The molecule has 2 aromatic heterocycles. The van der Waals surface area contributed by atoms with Crippen molar-refractivity contribution in [2.24, 2.45) is 0 Å². The van der Waals surface area contributed by atoms with Crippen LogP contribution in [-0.2, 0) is 0 Å². The third kappa shape index (κ3) is 3.09. The number of hydrogen-bond donors (Lipinski definition) is 1. The van der Waals surface area contributed by atoms with E-state index in [1.807, 2.05) is 24.3 Å². The van der Waals surface area contributed by atoms with Crippen molar-refractivity contribution in [3.8, 4) is 16.3 Å². The summed E-state index contributed by atoms with van der Waals surface area (Å²) in [6.45, 7) is 0. The van der Waals surface area contributed by atoms with Gasteiger partial charge in [0, 0.05) is 23.5 Å². The van der Waals surface area contributed by atoms with E-state index in [1.165, 1.54) is 11.3 Å². The number of anilines is 1. The molecule has 0 aliphatic heterocycles. The van der Waals surface area contributed by atoms with Crippen molar-refractivity contribution in [1.29, 1.82) is 0 Å². The molecule has 0 fully saturated rings. The van der Waals surface area contributed by atoms with Crippen molar-refractivity contribution in [2.75, 3.05) is 12.4 Å². The van der Waals surface area contributed by atoms with Crippen LogP contribution in [0.1, 0.15) is 10.4 Å². The van der Waals surface area contributed by atoms with E-state index >= 15 is 0 Å². The minimum absolute atomic E-state index is 0.236. The summed E-state index contributed by atoms with van der Waals surface area (Å²) in [5, 5.41) is 12.0.